The van der Waals surface area contributed by atoms with Gasteiger partial charge in [-0.2, -0.15) is 0 Å². The van der Waals surface area contributed by atoms with E-state index >= 15 is 0 Å². The number of allylic oxidation sites excluding steroid dienone is 3. The average molecular weight is 460 g/mol. The van der Waals surface area contributed by atoms with Gasteiger partial charge in [-0.05, 0) is 82.0 Å². The van der Waals surface area contributed by atoms with Gasteiger partial charge in [-0.15, -0.1) is 0 Å². The van der Waals surface area contributed by atoms with Gasteiger partial charge in [-0.3, -0.25) is 10.3 Å². The van der Waals surface area contributed by atoms with Gasteiger partial charge >= 0.3 is 0 Å². The van der Waals surface area contributed by atoms with Crippen molar-refractivity contribution in [2.75, 3.05) is 27.2 Å². The summed E-state index contributed by atoms with van der Waals surface area (Å²) in [6.07, 6.45) is 9.69. The number of aliphatic imine (C=N–C) groups is 1. The second-order valence-corrected chi connectivity index (χ2v) is 10.1. The molecule has 1 saturated carbocycles. The zero-order chi connectivity index (χ0) is 23.3. The standard InChI is InChI=1S/C27H33N5O2/c1-17-24-21-9-10-23(28-2)32(3)26(21)25(30-15-22(24)34-31-17)18-5-7-19(8-6-18)33-20-13-27(14-20)11-4-12-29-16-27/h5-10,20,23,28-29H,4,11-16H2,1-3H3. The Morgan fingerprint density at radius 3 is 2.79 bits per heavy atom. The Kier molecular flexibility index (Phi) is 5.34. The van der Waals surface area contributed by atoms with Gasteiger partial charge in [-0.25, -0.2) is 0 Å². The molecule has 1 spiro atoms. The van der Waals surface area contributed by atoms with Crippen LogP contribution in [-0.2, 0) is 6.54 Å². The Labute approximate surface area is 200 Å². The molecule has 3 aliphatic heterocycles. The molecule has 7 nitrogen and oxygen atoms in total. The van der Waals surface area contributed by atoms with Crippen LogP contribution in [0, 0.1) is 12.3 Å². The van der Waals surface area contributed by atoms with Crippen molar-refractivity contribution >= 4 is 11.3 Å². The Morgan fingerprint density at radius 2 is 2.06 bits per heavy atom. The molecular formula is C27H33N5O2. The van der Waals surface area contributed by atoms with Gasteiger partial charge in [0.1, 0.15) is 12.3 Å². The fourth-order valence-electron chi connectivity index (χ4n) is 6.09. The van der Waals surface area contributed by atoms with E-state index in [1.165, 1.54) is 12.8 Å². The predicted octanol–water partition coefficient (Wildman–Crippen LogP) is 3.66. The third kappa shape index (κ3) is 3.58. The van der Waals surface area contributed by atoms with Gasteiger partial charge in [0, 0.05) is 24.7 Å². The first-order valence-corrected chi connectivity index (χ1v) is 12.4. The highest BCUT2D eigenvalue weighted by Gasteiger charge is 2.46. The van der Waals surface area contributed by atoms with Crippen molar-refractivity contribution < 1.29 is 9.26 Å². The molecule has 4 aliphatic rings. The first-order valence-electron chi connectivity index (χ1n) is 12.4. The summed E-state index contributed by atoms with van der Waals surface area (Å²) >= 11 is 0. The zero-order valence-electron chi connectivity index (χ0n) is 20.2. The topological polar surface area (TPSA) is 74.9 Å². The van der Waals surface area contributed by atoms with Gasteiger partial charge in [0.15, 0.2) is 5.76 Å². The summed E-state index contributed by atoms with van der Waals surface area (Å²) in [5, 5.41) is 11.1. The minimum absolute atomic E-state index is 0.0912. The van der Waals surface area contributed by atoms with Crippen molar-refractivity contribution in [3.8, 4) is 5.75 Å². The Bertz CT molecular complexity index is 1160. The maximum Gasteiger partial charge on any atom is 0.166 e. The van der Waals surface area contributed by atoms with Gasteiger partial charge in [-0.1, -0.05) is 11.2 Å². The number of benzene rings is 1. The van der Waals surface area contributed by atoms with E-state index in [4.69, 9.17) is 14.3 Å². The number of ether oxygens (including phenoxy) is 1. The second-order valence-electron chi connectivity index (χ2n) is 10.1. The number of aryl methyl sites for hydroxylation is 1. The molecule has 1 atom stereocenters. The summed E-state index contributed by atoms with van der Waals surface area (Å²) in [5.41, 5.74) is 6.68. The summed E-state index contributed by atoms with van der Waals surface area (Å²) < 4.78 is 12.0. The second kappa shape index (κ2) is 8.40. The molecule has 1 saturated heterocycles. The van der Waals surface area contributed by atoms with Crippen molar-refractivity contribution in [1.82, 2.24) is 20.7 Å². The molecular weight excluding hydrogens is 426 g/mol. The minimum Gasteiger partial charge on any atom is -0.490 e. The Balaban J connectivity index is 1.26. The molecule has 1 aromatic heterocycles. The molecule has 2 fully saturated rings. The molecule has 2 aromatic rings. The third-order valence-corrected chi connectivity index (χ3v) is 7.89. The number of hydrogen-bond acceptors (Lipinski definition) is 7. The number of nitrogens with zero attached hydrogens (tertiary/aromatic N) is 3. The maximum absolute atomic E-state index is 6.33. The van der Waals surface area contributed by atoms with Crippen LogP contribution in [0.3, 0.4) is 0 Å². The number of aromatic nitrogens is 1. The van der Waals surface area contributed by atoms with Crippen LogP contribution < -0.4 is 15.4 Å². The monoisotopic (exact) mass is 459 g/mol. The van der Waals surface area contributed by atoms with Crippen molar-refractivity contribution in [2.24, 2.45) is 10.4 Å². The van der Waals surface area contributed by atoms with Gasteiger partial charge in [0.2, 0.25) is 0 Å². The number of piperidine rings is 1. The van der Waals surface area contributed by atoms with E-state index in [0.717, 1.165) is 71.2 Å². The van der Waals surface area contributed by atoms with E-state index < -0.39 is 0 Å². The lowest BCUT2D eigenvalue weighted by Gasteiger charge is -2.49. The van der Waals surface area contributed by atoms with Crippen LogP contribution >= 0.6 is 0 Å². The Hall–Kier alpha value is -2.90. The molecule has 178 valence electrons. The summed E-state index contributed by atoms with van der Waals surface area (Å²) in [6, 6.07) is 8.44. The van der Waals surface area contributed by atoms with Crippen LogP contribution in [0.15, 0.2) is 51.6 Å². The molecule has 1 aromatic carbocycles. The average Bonchev–Trinajstić information content (AvgIpc) is 3.11. The summed E-state index contributed by atoms with van der Waals surface area (Å²) in [6.45, 7) is 4.77. The van der Waals surface area contributed by atoms with Crippen molar-refractivity contribution in [1.29, 1.82) is 0 Å². The lowest BCUT2D eigenvalue weighted by atomic mass is 9.63. The van der Waals surface area contributed by atoms with Crippen molar-refractivity contribution in [3.05, 3.63) is 64.7 Å². The highest BCUT2D eigenvalue weighted by Crippen LogP contribution is 2.47. The molecule has 1 unspecified atom stereocenters. The summed E-state index contributed by atoms with van der Waals surface area (Å²) in [7, 11) is 4.08. The zero-order valence-corrected chi connectivity index (χ0v) is 20.2. The van der Waals surface area contributed by atoms with Crippen molar-refractivity contribution in [3.63, 3.8) is 0 Å². The molecule has 7 heteroatoms. The number of fused-ring (bicyclic) bond motifs is 2. The van der Waals surface area contributed by atoms with Crippen LogP contribution in [-0.4, -0.2) is 55.2 Å². The number of rotatable bonds is 4. The molecule has 0 bridgehead atoms. The lowest BCUT2D eigenvalue weighted by Crippen LogP contribution is -2.52. The molecule has 4 heterocycles. The third-order valence-electron chi connectivity index (χ3n) is 7.89. The number of nitrogens with one attached hydrogen (secondary N) is 2. The van der Waals surface area contributed by atoms with E-state index in [1.54, 1.807) is 0 Å². The minimum atomic E-state index is 0.0912. The van der Waals surface area contributed by atoms with Crippen LogP contribution in [0.1, 0.15) is 48.3 Å². The van der Waals surface area contributed by atoms with E-state index in [2.05, 4.69) is 64.2 Å². The summed E-state index contributed by atoms with van der Waals surface area (Å²) in [4.78, 5) is 7.24. The molecule has 0 amide bonds. The SMILES string of the molecule is CNC1C=CC2=C(C(c3ccc(OC4CC5(CCCNC5)C4)cc3)=NCc3onc(C)c32)N1C. The number of likely N-dealkylation sites (N-methyl/N-ethyl adjacent to an activating group) is 2. The van der Waals surface area contributed by atoms with Crippen LogP contribution in [0.4, 0.5) is 0 Å². The van der Waals surface area contributed by atoms with Gasteiger partial charge in [0.05, 0.1) is 34.9 Å². The highest BCUT2D eigenvalue weighted by molar-refractivity contribution is 6.18. The summed E-state index contributed by atoms with van der Waals surface area (Å²) in [5.74, 6) is 1.75. The fraction of sp³-hybridized carbons (Fsp3) is 0.481. The van der Waals surface area contributed by atoms with Gasteiger partial charge < -0.3 is 19.5 Å². The van der Waals surface area contributed by atoms with E-state index in [1.807, 2.05) is 14.0 Å². The van der Waals surface area contributed by atoms with E-state index in [9.17, 15) is 0 Å². The molecule has 0 radical (unpaired) electrons. The predicted molar refractivity (Wildman–Crippen MR) is 133 cm³/mol. The fourth-order valence-corrected chi connectivity index (χ4v) is 6.09. The van der Waals surface area contributed by atoms with Gasteiger partial charge in [0.25, 0.3) is 0 Å². The molecule has 1 aliphatic carbocycles. The Morgan fingerprint density at radius 1 is 1.24 bits per heavy atom. The first-order chi connectivity index (χ1) is 16.6. The lowest BCUT2D eigenvalue weighted by molar-refractivity contribution is -0.0300. The smallest absolute Gasteiger partial charge is 0.166 e. The first kappa shape index (κ1) is 21.6. The maximum atomic E-state index is 6.33. The van der Waals surface area contributed by atoms with Crippen molar-refractivity contribution in [2.45, 2.75) is 51.4 Å². The van der Waals surface area contributed by atoms with Crippen LogP contribution in [0.2, 0.25) is 0 Å². The molecule has 2 N–H and O–H groups in total. The van der Waals surface area contributed by atoms with Crippen LogP contribution in [0.5, 0.6) is 5.75 Å². The molecule has 34 heavy (non-hydrogen) atoms. The quantitative estimate of drug-likeness (QED) is 0.727. The highest BCUT2D eigenvalue weighted by atomic mass is 16.5. The van der Waals surface area contributed by atoms with E-state index in [0.29, 0.717) is 18.1 Å². The van der Waals surface area contributed by atoms with Crippen LogP contribution in [0.25, 0.3) is 5.57 Å². The normalized spacial score (nSPS) is 28.2. The van der Waals surface area contributed by atoms with E-state index in [-0.39, 0.29) is 6.17 Å². The molecule has 6 rings (SSSR count). The number of hydrogen-bond donors (Lipinski definition) is 2. The largest absolute Gasteiger partial charge is 0.490 e.